The molecule has 2 fully saturated rings. The van der Waals surface area contributed by atoms with Gasteiger partial charge in [0.05, 0.1) is 17.6 Å². The fourth-order valence-electron chi connectivity index (χ4n) is 5.54. The van der Waals surface area contributed by atoms with Gasteiger partial charge in [-0.3, -0.25) is 4.79 Å². The predicted molar refractivity (Wildman–Crippen MR) is 127 cm³/mol. The molecule has 3 aromatic rings. The standard InChI is InChI=1S/C27H33N3O2/c1-19-14-20(2)16-23(15-19)32-13-7-12-29-25-11-6-5-10-24(25)28-27(29)21-17-26(31)30(18-21)22-8-3-4-9-22/h5-6,10-11,14-16,21-22H,3-4,7-9,12-13,17-18H2,1-2H3. The van der Waals surface area contributed by atoms with E-state index >= 15 is 0 Å². The summed E-state index contributed by atoms with van der Waals surface area (Å²) in [7, 11) is 0. The van der Waals surface area contributed by atoms with Crippen molar-refractivity contribution in [3.05, 3.63) is 59.4 Å². The fraction of sp³-hybridized carbons (Fsp3) is 0.481. The first-order valence-corrected chi connectivity index (χ1v) is 12.0. The minimum atomic E-state index is 0.177. The van der Waals surface area contributed by atoms with E-state index in [2.05, 4.69) is 59.7 Å². The minimum absolute atomic E-state index is 0.177. The van der Waals surface area contributed by atoms with Crippen molar-refractivity contribution in [1.29, 1.82) is 0 Å². The molecule has 1 aliphatic carbocycles. The van der Waals surface area contributed by atoms with Gasteiger partial charge in [0.15, 0.2) is 0 Å². The Morgan fingerprint density at radius 1 is 1.06 bits per heavy atom. The summed E-state index contributed by atoms with van der Waals surface area (Å²) in [4.78, 5) is 19.9. The molecule has 0 bridgehead atoms. The number of hydrogen-bond acceptors (Lipinski definition) is 3. The molecule has 2 heterocycles. The highest BCUT2D eigenvalue weighted by Gasteiger charge is 2.38. The molecule has 1 aromatic heterocycles. The number of fused-ring (bicyclic) bond motifs is 1. The molecule has 5 rings (SSSR count). The zero-order chi connectivity index (χ0) is 22.1. The number of ether oxygens (including phenoxy) is 1. The van der Waals surface area contributed by atoms with Crippen LogP contribution < -0.4 is 4.74 Å². The summed E-state index contributed by atoms with van der Waals surface area (Å²) in [6.07, 6.45) is 6.29. The zero-order valence-corrected chi connectivity index (χ0v) is 19.2. The summed E-state index contributed by atoms with van der Waals surface area (Å²) in [6.45, 7) is 6.51. The first-order valence-electron chi connectivity index (χ1n) is 12.0. The van der Waals surface area contributed by atoms with E-state index in [1.54, 1.807) is 0 Å². The van der Waals surface area contributed by atoms with E-state index in [1.165, 1.54) is 24.0 Å². The molecular formula is C27H33N3O2. The van der Waals surface area contributed by atoms with Crippen molar-refractivity contribution in [3.63, 3.8) is 0 Å². The molecule has 1 atom stereocenters. The lowest BCUT2D eigenvalue weighted by molar-refractivity contribution is -0.129. The minimum Gasteiger partial charge on any atom is -0.494 e. The Morgan fingerprint density at radius 3 is 2.59 bits per heavy atom. The molecule has 1 amide bonds. The zero-order valence-electron chi connectivity index (χ0n) is 19.2. The van der Waals surface area contributed by atoms with Crippen LogP contribution in [0.15, 0.2) is 42.5 Å². The Morgan fingerprint density at radius 2 is 1.81 bits per heavy atom. The number of carbonyl (C=O) groups is 1. The molecule has 1 saturated carbocycles. The van der Waals surface area contributed by atoms with Gasteiger partial charge in [0.2, 0.25) is 5.91 Å². The number of carbonyl (C=O) groups excluding carboxylic acids is 1. The SMILES string of the molecule is Cc1cc(C)cc(OCCCn2c(C3CC(=O)N(C4CCCC4)C3)nc3ccccc32)c1. The van der Waals surface area contributed by atoms with Crippen LogP contribution >= 0.6 is 0 Å². The first kappa shape index (κ1) is 21.0. The largest absolute Gasteiger partial charge is 0.494 e. The average Bonchev–Trinajstić information content (AvgIpc) is 3.49. The molecular weight excluding hydrogens is 398 g/mol. The smallest absolute Gasteiger partial charge is 0.223 e. The number of rotatable bonds is 7. The van der Waals surface area contributed by atoms with E-state index in [4.69, 9.17) is 9.72 Å². The Balaban J connectivity index is 1.31. The van der Waals surface area contributed by atoms with Gasteiger partial charge in [-0.1, -0.05) is 31.0 Å². The molecule has 32 heavy (non-hydrogen) atoms. The number of para-hydroxylation sites is 2. The molecule has 1 unspecified atom stereocenters. The van der Waals surface area contributed by atoms with Crippen LogP contribution in [0.5, 0.6) is 5.75 Å². The molecule has 2 aliphatic rings. The number of benzene rings is 2. The van der Waals surface area contributed by atoms with E-state index in [-0.39, 0.29) is 5.92 Å². The summed E-state index contributed by atoms with van der Waals surface area (Å²) in [5.74, 6) is 2.48. The van der Waals surface area contributed by atoms with Gasteiger partial charge in [-0.15, -0.1) is 0 Å². The summed E-state index contributed by atoms with van der Waals surface area (Å²) in [5, 5.41) is 0. The molecule has 1 aliphatic heterocycles. The van der Waals surface area contributed by atoms with E-state index in [0.717, 1.165) is 55.0 Å². The van der Waals surface area contributed by atoms with E-state index in [0.29, 0.717) is 25.0 Å². The summed E-state index contributed by atoms with van der Waals surface area (Å²) >= 11 is 0. The maximum atomic E-state index is 12.8. The molecule has 1 saturated heterocycles. The van der Waals surface area contributed by atoms with Crippen LogP contribution in [0.4, 0.5) is 0 Å². The van der Waals surface area contributed by atoms with Crippen molar-refractivity contribution in [3.8, 4) is 5.75 Å². The van der Waals surface area contributed by atoms with Crippen LogP contribution in [0.3, 0.4) is 0 Å². The highest BCUT2D eigenvalue weighted by atomic mass is 16.5. The van der Waals surface area contributed by atoms with Gasteiger partial charge in [0.25, 0.3) is 0 Å². The molecule has 5 heteroatoms. The number of hydrogen-bond donors (Lipinski definition) is 0. The van der Waals surface area contributed by atoms with Gasteiger partial charge in [-0.05, 0) is 68.5 Å². The van der Waals surface area contributed by atoms with Crippen molar-refractivity contribution in [2.75, 3.05) is 13.2 Å². The second-order valence-electron chi connectivity index (χ2n) is 9.52. The molecule has 168 valence electrons. The van der Waals surface area contributed by atoms with Crippen LogP contribution in [0.25, 0.3) is 11.0 Å². The lowest BCUT2D eigenvalue weighted by Crippen LogP contribution is -2.34. The third kappa shape index (κ3) is 4.25. The van der Waals surface area contributed by atoms with Crippen LogP contribution in [0.2, 0.25) is 0 Å². The number of likely N-dealkylation sites (tertiary alicyclic amines) is 1. The summed E-state index contributed by atoms with van der Waals surface area (Å²) in [5.41, 5.74) is 4.62. The Hall–Kier alpha value is -2.82. The molecule has 0 N–H and O–H groups in total. The second kappa shape index (κ2) is 8.97. The Bertz CT molecular complexity index is 1090. The van der Waals surface area contributed by atoms with E-state index < -0.39 is 0 Å². The molecule has 0 radical (unpaired) electrons. The van der Waals surface area contributed by atoms with Crippen LogP contribution in [-0.4, -0.2) is 39.6 Å². The highest BCUT2D eigenvalue weighted by Crippen LogP contribution is 2.35. The van der Waals surface area contributed by atoms with Crippen molar-refractivity contribution in [2.45, 2.75) is 70.9 Å². The Labute approximate surface area is 190 Å². The third-order valence-corrected chi connectivity index (χ3v) is 6.96. The summed E-state index contributed by atoms with van der Waals surface area (Å²) < 4.78 is 8.38. The predicted octanol–water partition coefficient (Wildman–Crippen LogP) is 5.38. The number of aromatic nitrogens is 2. The average molecular weight is 432 g/mol. The normalized spacial score (nSPS) is 19.4. The van der Waals surface area contributed by atoms with Crippen molar-refractivity contribution >= 4 is 16.9 Å². The molecule has 5 nitrogen and oxygen atoms in total. The second-order valence-corrected chi connectivity index (χ2v) is 9.52. The monoisotopic (exact) mass is 431 g/mol. The van der Waals surface area contributed by atoms with E-state index in [1.807, 2.05) is 6.07 Å². The van der Waals surface area contributed by atoms with Gasteiger partial charge in [0.1, 0.15) is 11.6 Å². The Kier molecular flexibility index (Phi) is 5.90. The van der Waals surface area contributed by atoms with Gasteiger partial charge < -0.3 is 14.2 Å². The van der Waals surface area contributed by atoms with Crippen molar-refractivity contribution in [1.82, 2.24) is 14.5 Å². The third-order valence-electron chi connectivity index (χ3n) is 6.96. The highest BCUT2D eigenvalue weighted by molar-refractivity contribution is 5.81. The number of aryl methyl sites for hydroxylation is 3. The van der Waals surface area contributed by atoms with Crippen molar-refractivity contribution < 1.29 is 9.53 Å². The topological polar surface area (TPSA) is 47.4 Å². The molecule has 2 aromatic carbocycles. The van der Waals surface area contributed by atoms with Gasteiger partial charge in [0, 0.05) is 31.5 Å². The maximum absolute atomic E-state index is 12.8. The van der Waals surface area contributed by atoms with E-state index in [9.17, 15) is 4.79 Å². The van der Waals surface area contributed by atoms with Crippen LogP contribution in [0, 0.1) is 13.8 Å². The first-order chi connectivity index (χ1) is 15.6. The van der Waals surface area contributed by atoms with Crippen LogP contribution in [0.1, 0.15) is 61.4 Å². The van der Waals surface area contributed by atoms with Gasteiger partial charge in [-0.2, -0.15) is 0 Å². The summed E-state index contributed by atoms with van der Waals surface area (Å²) in [6, 6.07) is 15.1. The number of imidazole rings is 1. The lowest BCUT2D eigenvalue weighted by Gasteiger charge is -2.24. The quantitative estimate of drug-likeness (QED) is 0.472. The van der Waals surface area contributed by atoms with Gasteiger partial charge in [-0.25, -0.2) is 4.98 Å². The van der Waals surface area contributed by atoms with Crippen LogP contribution in [-0.2, 0) is 11.3 Å². The van der Waals surface area contributed by atoms with Gasteiger partial charge >= 0.3 is 0 Å². The molecule has 0 spiro atoms. The maximum Gasteiger partial charge on any atom is 0.223 e. The lowest BCUT2D eigenvalue weighted by atomic mass is 10.1. The number of nitrogens with zero attached hydrogens (tertiary/aromatic N) is 3. The van der Waals surface area contributed by atoms with Crippen molar-refractivity contribution in [2.24, 2.45) is 0 Å². The fourth-order valence-corrected chi connectivity index (χ4v) is 5.54. The number of amides is 1.